The van der Waals surface area contributed by atoms with E-state index in [4.69, 9.17) is 14.6 Å². The number of hydrazone groups is 1. The van der Waals surface area contributed by atoms with Crippen LogP contribution in [0.5, 0.6) is 5.75 Å². The summed E-state index contributed by atoms with van der Waals surface area (Å²) in [6.45, 7) is 3.46. The largest absolute Gasteiger partial charge is 0.464 e. The van der Waals surface area contributed by atoms with Gasteiger partial charge < -0.3 is 14.4 Å². The van der Waals surface area contributed by atoms with Gasteiger partial charge in [0.25, 0.3) is 0 Å². The van der Waals surface area contributed by atoms with Crippen molar-refractivity contribution in [3.63, 3.8) is 0 Å². The van der Waals surface area contributed by atoms with E-state index >= 15 is 0 Å². The first-order valence-electron chi connectivity index (χ1n) is 10.4. The summed E-state index contributed by atoms with van der Waals surface area (Å²) >= 11 is 1.75. The summed E-state index contributed by atoms with van der Waals surface area (Å²) < 4.78 is 12.0. The van der Waals surface area contributed by atoms with Gasteiger partial charge in [-0.1, -0.05) is 36.4 Å². The third-order valence-corrected chi connectivity index (χ3v) is 6.98. The third kappa shape index (κ3) is 3.07. The van der Waals surface area contributed by atoms with Gasteiger partial charge in [-0.25, -0.2) is 5.01 Å². The fourth-order valence-corrected chi connectivity index (χ4v) is 5.24. The third-order valence-electron chi connectivity index (χ3n) is 6.06. The molecular weight excluding hydrogens is 394 g/mol. The molecule has 3 aliphatic heterocycles. The van der Waals surface area contributed by atoms with Crippen LogP contribution < -0.4 is 9.64 Å². The Kier molecular flexibility index (Phi) is 4.47. The van der Waals surface area contributed by atoms with Crippen molar-refractivity contribution in [1.29, 1.82) is 0 Å². The number of nitrogens with zero attached hydrogens (tertiary/aromatic N) is 3. The molecule has 4 heterocycles. The highest BCUT2D eigenvalue weighted by molar-refractivity contribution is 7.12. The van der Waals surface area contributed by atoms with Gasteiger partial charge in [0, 0.05) is 36.3 Å². The van der Waals surface area contributed by atoms with Crippen LogP contribution in [0.3, 0.4) is 0 Å². The predicted molar refractivity (Wildman–Crippen MR) is 119 cm³/mol. The van der Waals surface area contributed by atoms with Gasteiger partial charge in [0.15, 0.2) is 0 Å². The Morgan fingerprint density at radius 1 is 0.933 bits per heavy atom. The van der Waals surface area contributed by atoms with Crippen LogP contribution >= 0.6 is 11.3 Å². The van der Waals surface area contributed by atoms with Gasteiger partial charge in [0.05, 0.1) is 29.8 Å². The maximum Gasteiger partial charge on any atom is 0.213 e. The minimum Gasteiger partial charge on any atom is -0.464 e. The topological polar surface area (TPSA) is 37.3 Å². The standard InChI is InChI=1S/C24H23N3O2S/c1-2-5-22-19(4-1)21-16-20(23-6-3-15-30-23)25-27(21)24(29-22)17-7-9-18(10-8-17)26-11-13-28-14-12-26/h1-10,15,21,24H,11-14,16H2/t21-,24+/m0/s1. The van der Waals surface area contributed by atoms with E-state index < -0.39 is 0 Å². The van der Waals surface area contributed by atoms with Crippen LogP contribution in [0.15, 0.2) is 71.1 Å². The number of anilines is 1. The Hall–Kier alpha value is -2.83. The fraction of sp³-hybridized carbons (Fsp3) is 0.292. The second-order valence-electron chi connectivity index (χ2n) is 7.82. The predicted octanol–water partition coefficient (Wildman–Crippen LogP) is 4.83. The first-order chi connectivity index (χ1) is 14.9. The summed E-state index contributed by atoms with van der Waals surface area (Å²) in [7, 11) is 0. The second kappa shape index (κ2) is 7.45. The van der Waals surface area contributed by atoms with E-state index in [0.717, 1.165) is 49.7 Å². The second-order valence-corrected chi connectivity index (χ2v) is 8.77. The Balaban J connectivity index is 1.34. The Morgan fingerprint density at radius 3 is 2.57 bits per heavy atom. The lowest BCUT2D eigenvalue weighted by Crippen LogP contribution is -2.36. The normalized spacial score (nSPS) is 22.9. The Labute approximate surface area is 180 Å². The molecule has 0 N–H and O–H groups in total. The summed E-state index contributed by atoms with van der Waals surface area (Å²) in [5.74, 6) is 0.962. The van der Waals surface area contributed by atoms with Crippen molar-refractivity contribution in [2.24, 2.45) is 5.10 Å². The number of rotatable bonds is 3. The average molecular weight is 418 g/mol. The number of hydrogen-bond donors (Lipinski definition) is 0. The highest BCUT2D eigenvalue weighted by Crippen LogP contribution is 2.47. The molecule has 1 fully saturated rings. The SMILES string of the molecule is c1csc(C2=NN3[C@@H](c4ccc(N5CCOCC5)cc4)Oc4ccccc4[C@@H]3C2)c1. The molecule has 1 aromatic heterocycles. The highest BCUT2D eigenvalue weighted by Gasteiger charge is 2.41. The van der Waals surface area contributed by atoms with Crippen LogP contribution in [0.2, 0.25) is 0 Å². The molecule has 6 heteroatoms. The molecule has 30 heavy (non-hydrogen) atoms. The van der Waals surface area contributed by atoms with Gasteiger partial charge in [0.1, 0.15) is 5.75 Å². The average Bonchev–Trinajstić information content (AvgIpc) is 3.49. The molecule has 3 aliphatic rings. The van der Waals surface area contributed by atoms with Gasteiger partial charge in [-0.3, -0.25) is 0 Å². The van der Waals surface area contributed by atoms with Crippen molar-refractivity contribution in [1.82, 2.24) is 5.01 Å². The van der Waals surface area contributed by atoms with Crippen molar-refractivity contribution in [3.8, 4) is 5.75 Å². The summed E-state index contributed by atoms with van der Waals surface area (Å²) in [5, 5.41) is 9.30. The number of hydrogen-bond acceptors (Lipinski definition) is 6. The summed E-state index contributed by atoms with van der Waals surface area (Å²) in [6.07, 6.45) is 0.685. The van der Waals surface area contributed by atoms with E-state index in [9.17, 15) is 0 Å². The van der Waals surface area contributed by atoms with Crippen molar-refractivity contribution >= 4 is 22.7 Å². The maximum atomic E-state index is 6.47. The molecule has 0 bridgehead atoms. The zero-order valence-electron chi connectivity index (χ0n) is 16.6. The van der Waals surface area contributed by atoms with Crippen LogP contribution in [-0.2, 0) is 4.74 Å². The van der Waals surface area contributed by atoms with Crippen LogP contribution in [0.4, 0.5) is 5.69 Å². The lowest BCUT2D eigenvalue weighted by molar-refractivity contribution is -0.0190. The molecule has 5 nitrogen and oxygen atoms in total. The van der Waals surface area contributed by atoms with Gasteiger partial charge in [0.2, 0.25) is 6.23 Å². The van der Waals surface area contributed by atoms with Crippen LogP contribution in [0.25, 0.3) is 0 Å². The zero-order chi connectivity index (χ0) is 19.9. The molecule has 1 saturated heterocycles. The molecule has 0 radical (unpaired) electrons. The quantitative estimate of drug-likeness (QED) is 0.612. The smallest absolute Gasteiger partial charge is 0.213 e. The Morgan fingerprint density at radius 2 is 1.77 bits per heavy atom. The molecule has 0 spiro atoms. The van der Waals surface area contributed by atoms with Gasteiger partial charge >= 0.3 is 0 Å². The summed E-state index contributed by atoms with van der Waals surface area (Å²) in [6, 6.07) is 21.6. The van der Waals surface area contributed by atoms with E-state index in [1.807, 2.05) is 6.07 Å². The minimum absolute atomic E-state index is 0.205. The zero-order valence-corrected chi connectivity index (χ0v) is 17.4. The first-order valence-corrected chi connectivity index (χ1v) is 11.3. The molecule has 152 valence electrons. The van der Waals surface area contributed by atoms with E-state index in [0.29, 0.717) is 0 Å². The molecular formula is C24H23N3O2S. The van der Waals surface area contributed by atoms with Crippen LogP contribution in [0.1, 0.15) is 34.7 Å². The van der Waals surface area contributed by atoms with Crippen molar-refractivity contribution < 1.29 is 9.47 Å². The number of benzene rings is 2. The first kappa shape index (κ1) is 18.0. The lowest BCUT2D eigenvalue weighted by atomic mass is 9.97. The number of para-hydroxylation sites is 1. The van der Waals surface area contributed by atoms with Crippen LogP contribution in [-0.4, -0.2) is 37.0 Å². The van der Waals surface area contributed by atoms with Crippen molar-refractivity contribution in [2.45, 2.75) is 18.7 Å². The molecule has 3 aromatic rings. The minimum atomic E-state index is -0.221. The number of ether oxygens (including phenoxy) is 2. The number of morpholine rings is 1. The molecule has 0 amide bonds. The van der Waals surface area contributed by atoms with E-state index in [2.05, 4.69) is 69.9 Å². The maximum absolute atomic E-state index is 6.47. The van der Waals surface area contributed by atoms with E-state index in [-0.39, 0.29) is 12.3 Å². The van der Waals surface area contributed by atoms with Gasteiger partial charge in [-0.15, -0.1) is 11.3 Å². The summed E-state index contributed by atoms with van der Waals surface area (Å²) in [5.41, 5.74) is 4.72. The molecule has 0 saturated carbocycles. The Bertz CT molecular complexity index is 1060. The molecule has 2 aromatic carbocycles. The fourth-order valence-electron chi connectivity index (χ4n) is 4.52. The van der Waals surface area contributed by atoms with E-state index in [1.165, 1.54) is 16.1 Å². The molecule has 2 atom stereocenters. The molecule has 0 aliphatic carbocycles. The highest BCUT2D eigenvalue weighted by atomic mass is 32.1. The van der Waals surface area contributed by atoms with Crippen LogP contribution in [0, 0.1) is 0 Å². The molecule has 6 rings (SSSR count). The van der Waals surface area contributed by atoms with Crippen molar-refractivity contribution in [3.05, 3.63) is 82.0 Å². The summed E-state index contributed by atoms with van der Waals surface area (Å²) in [4.78, 5) is 3.61. The molecule has 0 unspecified atom stereocenters. The van der Waals surface area contributed by atoms with Crippen molar-refractivity contribution in [2.75, 3.05) is 31.2 Å². The van der Waals surface area contributed by atoms with Gasteiger partial charge in [-0.2, -0.15) is 5.10 Å². The van der Waals surface area contributed by atoms with Gasteiger partial charge in [-0.05, 0) is 29.6 Å². The lowest BCUT2D eigenvalue weighted by Gasteiger charge is -2.38. The monoisotopic (exact) mass is 417 g/mol. The number of thiophene rings is 1. The van der Waals surface area contributed by atoms with E-state index in [1.54, 1.807) is 11.3 Å². The number of fused-ring (bicyclic) bond motifs is 3.